The van der Waals surface area contributed by atoms with Crippen molar-refractivity contribution >= 4 is 107 Å². The van der Waals surface area contributed by atoms with Gasteiger partial charge in [-0.15, -0.1) is 0 Å². The molecule has 0 saturated heterocycles. The van der Waals surface area contributed by atoms with Crippen molar-refractivity contribution in [1.29, 1.82) is 0 Å². The van der Waals surface area contributed by atoms with Crippen LogP contribution in [0.15, 0.2) is 263 Å². The summed E-state index contributed by atoms with van der Waals surface area (Å²) in [6.07, 6.45) is 15.5. The van der Waals surface area contributed by atoms with E-state index in [1.807, 2.05) is 109 Å². The van der Waals surface area contributed by atoms with E-state index in [1.54, 1.807) is 103 Å². The molecule has 0 N–H and O–H groups in total. The van der Waals surface area contributed by atoms with Gasteiger partial charge in [-0.1, -0.05) is 157 Å². The second kappa shape index (κ2) is 23.7. The van der Waals surface area contributed by atoms with Gasteiger partial charge in [-0.2, -0.15) is 0 Å². The number of nitro benzene ring substituents is 1. The van der Waals surface area contributed by atoms with Crippen LogP contribution >= 0.6 is 11.6 Å². The first-order valence-corrected chi connectivity index (χ1v) is 29.0. The van der Waals surface area contributed by atoms with Gasteiger partial charge in [0.2, 0.25) is 0 Å². The molecule has 434 valence electrons. The maximum absolute atomic E-state index is 13.2. The zero-order chi connectivity index (χ0) is 62.4. The van der Waals surface area contributed by atoms with Crippen LogP contribution in [0.1, 0.15) is 91.7 Å². The summed E-state index contributed by atoms with van der Waals surface area (Å²) >= 11 is 6.69. The van der Waals surface area contributed by atoms with Crippen molar-refractivity contribution in [2.45, 2.75) is 19.4 Å². The summed E-state index contributed by atoms with van der Waals surface area (Å²) in [7, 11) is 6.25. The second-order valence-corrected chi connectivity index (χ2v) is 23.5. The Hall–Kier alpha value is -11.1. The van der Waals surface area contributed by atoms with Crippen LogP contribution in [0.2, 0.25) is 0 Å². The average Bonchev–Trinajstić information content (AvgIpc) is 2.04. The molecule has 9 aromatic carbocycles. The molecule has 0 unspecified atom stereocenters. The summed E-state index contributed by atoms with van der Waals surface area (Å²) in [5.74, 6) is -2.37. The average molecular weight is 1190 g/mol. The van der Waals surface area contributed by atoms with E-state index in [2.05, 4.69) is 21.1 Å². The van der Waals surface area contributed by atoms with Gasteiger partial charge in [-0.3, -0.25) is 38.9 Å². The summed E-state index contributed by atoms with van der Waals surface area (Å²) in [5, 5.41) is 44.0. The number of hydrogen-bond acceptors (Lipinski definition) is 10. The first-order valence-electron chi connectivity index (χ1n) is 28.6. The van der Waals surface area contributed by atoms with Crippen LogP contribution in [0.4, 0.5) is 5.69 Å². The van der Waals surface area contributed by atoms with Crippen molar-refractivity contribution in [3.05, 3.63) is 323 Å². The minimum Gasteiger partial charge on any atom is -0.872 e. The summed E-state index contributed by atoms with van der Waals surface area (Å²) in [5.41, 5.74) is 6.30. The van der Waals surface area contributed by atoms with Gasteiger partial charge in [0, 0.05) is 67.3 Å². The maximum atomic E-state index is 13.2. The van der Waals surface area contributed by atoms with Gasteiger partial charge in [-0.25, -0.2) is 0 Å². The molecule has 13 heteroatoms. The van der Waals surface area contributed by atoms with Crippen LogP contribution in [0.25, 0.3) is 54.6 Å². The fourth-order valence-electron chi connectivity index (χ4n) is 11.7. The predicted octanol–water partition coefficient (Wildman–Crippen LogP) is 14.2. The van der Waals surface area contributed by atoms with E-state index >= 15 is 0 Å². The van der Waals surface area contributed by atoms with Gasteiger partial charge in [-0.05, 0) is 157 Å². The molecule has 0 bridgehead atoms. The van der Waals surface area contributed by atoms with Crippen LogP contribution < -0.4 is 10.2 Å². The van der Waals surface area contributed by atoms with Gasteiger partial charge in [0.1, 0.15) is 6.54 Å². The van der Waals surface area contributed by atoms with Crippen LogP contribution in [-0.2, 0) is 6.54 Å². The standard InChI is InChI=1S/C33H19ClO4.C33H20O4.C10H15N2O2/c34-29-21(15-27-30(35)23-11-17-5-1-2-6-18(17)12-24(23)31(27)36)9-10-22(29)16-28-32(37)25-13-19-7-3-4-8-20(19)14-26(25)33(28)38;34-30-24(31(35)27-17-21-11-7-6-10-20(21)16-26(27)30)14-4-2-1-3-5-15-25-32(36)28-18-22-12-8-9-13-23(22)19-29(28)33(25)37;1-12(2,3)8-9-4-6-10(7-5-9)11(13)14/h1-8,11-16,35H,9-10H2;1-19,34H;4-7H,8H2,1-3H3/q;;+1/p-2/b;2-1+,5-3+,14-4+;. The molecule has 0 heterocycles. The number of benzene rings is 9. The van der Waals surface area contributed by atoms with E-state index in [-0.39, 0.29) is 79.1 Å². The number of ketones is 6. The number of nitro groups is 1. The van der Waals surface area contributed by atoms with Crippen molar-refractivity contribution < 1.29 is 48.4 Å². The summed E-state index contributed by atoms with van der Waals surface area (Å²) in [6, 6.07) is 51.3. The molecule has 89 heavy (non-hydrogen) atoms. The van der Waals surface area contributed by atoms with Crippen LogP contribution in [-0.4, -0.2) is 65.2 Å². The van der Waals surface area contributed by atoms with Crippen molar-refractivity contribution in [1.82, 2.24) is 0 Å². The fraction of sp³-hybridized carbons (Fsp3) is 0.0789. The number of allylic oxidation sites excluding steroid dienone is 16. The topological polar surface area (TPSA) is 192 Å². The summed E-state index contributed by atoms with van der Waals surface area (Å²) in [6.45, 7) is 0.873. The van der Waals surface area contributed by atoms with E-state index in [0.29, 0.717) is 73.5 Å². The zero-order valence-electron chi connectivity index (χ0n) is 48.3. The Kier molecular flexibility index (Phi) is 15.5. The quantitative estimate of drug-likeness (QED) is 0.0335. The van der Waals surface area contributed by atoms with Gasteiger partial charge in [0.05, 0.1) is 37.2 Å². The number of non-ortho nitro benzene ring substituents is 1. The third-order valence-electron chi connectivity index (χ3n) is 16.1. The Morgan fingerprint density at radius 1 is 0.438 bits per heavy atom. The van der Waals surface area contributed by atoms with Crippen molar-refractivity contribution in [2.75, 3.05) is 21.1 Å². The van der Waals surface area contributed by atoms with Crippen molar-refractivity contribution in [2.24, 2.45) is 0 Å². The van der Waals surface area contributed by atoms with Gasteiger partial charge < -0.3 is 14.7 Å². The van der Waals surface area contributed by atoms with E-state index < -0.39 is 0 Å². The number of hydrogen-bond donors (Lipinski definition) is 0. The molecule has 5 aliphatic carbocycles. The fourth-order valence-corrected chi connectivity index (χ4v) is 12.0. The Morgan fingerprint density at radius 3 is 1.21 bits per heavy atom. The highest BCUT2D eigenvalue weighted by Gasteiger charge is 2.36. The highest BCUT2D eigenvalue weighted by atomic mass is 35.5. The molecule has 0 amide bonds. The largest absolute Gasteiger partial charge is 0.872 e. The number of nitrogens with zero attached hydrogens (tertiary/aromatic N) is 2. The molecule has 0 aliphatic heterocycles. The predicted molar refractivity (Wildman–Crippen MR) is 344 cm³/mol. The van der Waals surface area contributed by atoms with Crippen LogP contribution in [0.5, 0.6) is 0 Å². The minimum atomic E-state index is -0.379. The Bertz CT molecular complexity index is 4850. The van der Waals surface area contributed by atoms with Crippen molar-refractivity contribution in [3.8, 4) is 0 Å². The normalized spacial score (nSPS) is 15.8. The Labute approximate surface area is 516 Å². The highest BCUT2D eigenvalue weighted by Crippen LogP contribution is 2.42. The molecular formula is C76H52ClN2O10-. The molecule has 0 aromatic heterocycles. The molecular weight excluding hydrogens is 1140 g/mol. The summed E-state index contributed by atoms with van der Waals surface area (Å²) < 4.78 is 0.817. The molecule has 5 aliphatic rings. The maximum Gasteiger partial charge on any atom is 0.269 e. The summed E-state index contributed by atoms with van der Waals surface area (Å²) in [4.78, 5) is 87.8. The van der Waals surface area contributed by atoms with Gasteiger partial charge in [0.25, 0.3) is 5.69 Å². The SMILES string of the molecule is C[N+](C)(C)Cc1ccc([N+](=O)[O-])cc1.O=C1C(=C/C=C/C=C/C=C/C2=C([O-])c3cc4ccccc4cc3C2=O)C(=O)c2cc3ccccc3cc21.O=C1C(=CC2=C(Cl)C(=CC3=C([O-])c4cc5ccccc5cc4C3=O)CC2)C(=O)c2cc3ccccc3cc21. The molecule has 14 rings (SSSR count). The lowest BCUT2D eigenvalue weighted by atomic mass is 10.0. The lowest BCUT2D eigenvalue weighted by molar-refractivity contribution is -0.884. The van der Waals surface area contributed by atoms with Crippen LogP contribution in [0.3, 0.4) is 0 Å². The first-order chi connectivity index (χ1) is 42.8. The third kappa shape index (κ3) is 11.4. The van der Waals surface area contributed by atoms with Gasteiger partial charge >= 0.3 is 0 Å². The number of carbonyl (C=O) groups excluding carboxylic acids is 6. The molecule has 0 fully saturated rings. The number of quaternary nitrogens is 1. The van der Waals surface area contributed by atoms with E-state index in [1.165, 1.54) is 12.2 Å². The zero-order valence-corrected chi connectivity index (χ0v) is 49.1. The minimum absolute atomic E-state index is 0.0875. The number of halogens is 1. The van der Waals surface area contributed by atoms with Crippen molar-refractivity contribution in [3.63, 3.8) is 0 Å². The smallest absolute Gasteiger partial charge is 0.269 e. The number of rotatable bonds is 9. The number of carbonyl (C=O) groups is 6. The van der Waals surface area contributed by atoms with E-state index in [4.69, 9.17) is 11.6 Å². The lowest BCUT2D eigenvalue weighted by Gasteiger charge is -2.23. The van der Waals surface area contributed by atoms with Gasteiger partial charge in [0.15, 0.2) is 34.7 Å². The molecule has 0 radical (unpaired) electrons. The molecule has 0 atom stereocenters. The second-order valence-electron chi connectivity index (χ2n) is 23.1. The third-order valence-corrected chi connectivity index (χ3v) is 16.6. The lowest BCUT2D eigenvalue weighted by Crippen LogP contribution is -2.33. The Balaban J connectivity index is 0.000000143. The van der Waals surface area contributed by atoms with E-state index in [9.17, 15) is 49.1 Å². The van der Waals surface area contributed by atoms with Crippen LogP contribution in [0, 0.1) is 10.1 Å². The number of fused-ring (bicyclic) bond motifs is 8. The van der Waals surface area contributed by atoms with E-state index in [0.717, 1.165) is 59.7 Å². The first kappa shape index (κ1) is 58.3. The molecule has 9 aromatic rings. The molecule has 0 spiro atoms. The monoisotopic (exact) mass is 1190 g/mol. The highest BCUT2D eigenvalue weighted by molar-refractivity contribution is 6.41. The molecule has 0 saturated carbocycles. The number of Topliss-reactive ketones (excluding diaryl/α,β-unsaturated/α-hetero) is 6. The molecule has 12 nitrogen and oxygen atoms in total. The Morgan fingerprint density at radius 2 is 0.798 bits per heavy atom.